The molecule has 0 aliphatic rings. The molecule has 0 spiro atoms. The third-order valence-corrected chi connectivity index (χ3v) is 5.91. The number of para-hydroxylation sites is 1. The number of carbonyl (C=O) groups is 1. The number of aromatic nitrogens is 2. The number of aryl methyl sites for hydroxylation is 1. The standard InChI is InChI=1S/C20H21N3O2S2/c1-4-25-16-11-9-15(10-12-16)18(24)14(3)26-20-23-22-19(27-20)21-17-8-6-5-7-13(17)2/h5-12,14H,4H2,1-3H3,(H,21,22)/t14-/m0/s1. The van der Waals surface area contributed by atoms with Crippen LogP contribution in [-0.4, -0.2) is 27.8 Å². The van der Waals surface area contributed by atoms with Gasteiger partial charge in [-0.2, -0.15) is 0 Å². The number of nitrogens with zero attached hydrogens (tertiary/aromatic N) is 2. The first-order valence-corrected chi connectivity index (χ1v) is 10.4. The Morgan fingerprint density at radius 3 is 2.63 bits per heavy atom. The summed E-state index contributed by atoms with van der Waals surface area (Å²) in [5.41, 5.74) is 2.81. The minimum Gasteiger partial charge on any atom is -0.494 e. The van der Waals surface area contributed by atoms with Crippen molar-refractivity contribution in [2.24, 2.45) is 0 Å². The summed E-state index contributed by atoms with van der Waals surface area (Å²) in [4.78, 5) is 12.6. The van der Waals surface area contributed by atoms with Gasteiger partial charge in [-0.3, -0.25) is 4.79 Å². The number of hydrogen-bond donors (Lipinski definition) is 1. The smallest absolute Gasteiger partial charge is 0.210 e. The topological polar surface area (TPSA) is 64.1 Å². The first-order valence-electron chi connectivity index (χ1n) is 8.66. The number of thioether (sulfide) groups is 1. The maximum Gasteiger partial charge on any atom is 0.210 e. The quantitative estimate of drug-likeness (QED) is 0.407. The van der Waals surface area contributed by atoms with E-state index in [1.54, 1.807) is 12.1 Å². The van der Waals surface area contributed by atoms with Crippen LogP contribution in [0.3, 0.4) is 0 Å². The summed E-state index contributed by atoms with van der Waals surface area (Å²) in [6.07, 6.45) is 0. The van der Waals surface area contributed by atoms with E-state index in [9.17, 15) is 4.79 Å². The predicted molar refractivity (Wildman–Crippen MR) is 112 cm³/mol. The van der Waals surface area contributed by atoms with Gasteiger partial charge < -0.3 is 10.1 Å². The molecular formula is C20H21N3O2S2. The first kappa shape index (κ1) is 19.4. The minimum atomic E-state index is -0.248. The molecule has 2 aromatic carbocycles. The Kier molecular flexibility index (Phi) is 6.47. The number of nitrogens with one attached hydrogen (secondary N) is 1. The molecule has 0 saturated carbocycles. The Balaban J connectivity index is 1.62. The zero-order valence-electron chi connectivity index (χ0n) is 15.4. The van der Waals surface area contributed by atoms with Gasteiger partial charge in [0.2, 0.25) is 5.13 Å². The Labute approximate surface area is 167 Å². The van der Waals surface area contributed by atoms with Crippen molar-refractivity contribution in [1.82, 2.24) is 10.2 Å². The van der Waals surface area contributed by atoms with Gasteiger partial charge in [0, 0.05) is 11.3 Å². The lowest BCUT2D eigenvalue weighted by molar-refractivity contribution is 0.0994. The molecule has 0 amide bonds. The number of ketones is 1. The Morgan fingerprint density at radius 1 is 1.19 bits per heavy atom. The maximum atomic E-state index is 12.6. The third-order valence-electron chi connectivity index (χ3n) is 3.89. The number of anilines is 2. The van der Waals surface area contributed by atoms with E-state index >= 15 is 0 Å². The molecule has 27 heavy (non-hydrogen) atoms. The average Bonchev–Trinajstić information content (AvgIpc) is 3.11. The highest BCUT2D eigenvalue weighted by atomic mass is 32.2. The van der Waals surface area contributed by atoms with E-state index in [1.165, 1.54) is 23.1 Å². The highest BCUT2D eigenvalue weighted by molar-refractivity contribution is 8.02. The van der Waals surface area contributed by atoms with Gasteiger partial charge in [-0.15, -0.1) is 10.2 Å². The van der Waals surface area contributed by atoms with E-state index < -0.39 is 0 Å². The van der Waals surface area contributed by atoms with E-state index in [0.29, 0.717) is 17.3 Å². The second-order valence-corrected chi connectivity index (χ2v) is 8.46. The van der Waals surface area contributed by atoms with Crippen LogP contribution in [0.2, 0.25) is 0 Å². The van der Waals surface area contributed by atoms with Crippen LogP contribution >= 0.6 is 23.1 Å². The van der Waals surface area contributed by atoms with Gasteiger partial charge in [0.05, 0.1) is 11.9 Å². The van der Waals surface area contributed by atoms with Gasteiger partial charge in [-0.05, 0) is 56.7 Å². The van der Waals surface area contributed by atoms with Crippen LogP contribution in [0.25, 0.3) is 0 Å². The van der Waals surface area contributed by atoms with Gasteiger partial charge in [-0.1, -0.05) is 41.3 Å². The molecule has 0 unspecified atom stereocenters. The molecular weight excluding hydrogens is 378 g/mol. The zero-order chi connectivity index (χ0) is 19.2. The fourth-order valence-electron chi connectivity index (χ4n) is 2.46. The summed E-state index contributed by atoms with van der Waals surface area (Å²) in [5, 5.41) is 12.1. The van der Waals surface area contributed by atoms with E-state index in [0.717, 1.165) is 21.3 Å². The second-order valence-electron chi connectivity index (χ2n) is 5.89. The van der Waals surface area contributed by atoms with Crippen molar-refractivity contribution in [3.63, 3.8) is 0 Å². The van der Waals surface area contributed by atoms with Crippen LogP contribution < -0.4 is 10.1 Å². The fourth-order valence-corrected chi connectivity index (χ4v) is 4.44. The monoisotopic (exact) mass is 399 g/mol. The lowest BCUT2D eigenvalue weighted by atomic mass is 10.1. The van der Waals surface area contributed by atoms with E-state index in [2.05, 4.69) is 15.5 Å². The largest absolute Gasteiger partial charge is 0.494 e. The second kappa shape index (κ2) is 9.01. The highest BCUT2D eigenvalue weighted by Gasteiger charge is 2.19. The molecule has 0 aliphatic heterocycles. The van der Waals surface area contributed by atoms with Crippen LogP contribution in [0, 0.1) is 6.92 Å². The minimum absolute atomic E-state index is 0.0617. The summed E-state index contributed by atoms with van der Waals surface area (Å²) >= 11 is 2.86. The van der Waals surface area contributed by atoms with Crippen molar-refractivity contribution in [3.8, 4) is 5.75 Å². The van der Waals surface area contributed by atoms with Crippen molar-refractivity contribution >= 4 is 39.7 Å². The van der Waals surface area contributed by atoms with Gasteiger partial charge in [0.15, 0.2) is 10.1 Å². The number of rotatable bonds is 8. The molecule has 3 aromatic rings. The Bertz CT molecular complexity index is 910. The van der Waals surface area contributed by atoms with Crippen molar-refractivity contribution in [2.45, 2.75) is 30.4 Å². The Hall–Kier alpha value is -2.38. The molecule has 1 atom stereocenters. The molecule has 0 radical (unpaired) electrons. The number of ether oxygens (including phenoxy) is 1. The first-order chi connectivity index (χ1) is 13.1. The third kappa shape index (κ3) is 5.08. The summed E-state index contributed by atoms with van der Waals surface area (Å²) in [6, 6.07) is 15.3. The lowest BCUT2D eigenvalue weighted by Gasteiger charge is -2.09. The number of benzene rings is 2. The molecule has 7 heteroatoms. The van der Waals surface area contributed by atoms with Crippen LogP contribution in [-0.2, 0) is 0 Å². The molecule has 1 N–H and O–H groups in total. The molecule has 0 fully saturated rings. The molecule has 1 aromatic heterocycles. The van der Waals surface area contributed by atoms with Crippen LogP contribution in [0.4, 0.5) is 10.8 Å². The van der Waals surface area contributed by atoms with Crippen LogP contribution in [0.15, 0.2) is 52.9 Å². The number of carbonyl (C=O) groups excluding carboxylic acids is 1. The SMILES string of the molecule is CCOc1ccc(C(=O)[C@H](C)Sc2nnc(Nc3ccccc3C)s2)cc1. The molecule has 5 nitrogen and oxygen atoms in total. The van der Waals surface area contributed by atoms with Gasteiger partial charge in [0.25, 0.3) is 0 Å². The fraction of sp³-hybridized carbons (Fsp3) is 0.250. The molecule has 0 bridgehead atoms. The molecule has 3 rings (SSSR count). The van der Waals surface area contributed by atoms with Crippen LogP contribution in [0.1, 0.15) is 29.8 Å². The molecule has 1 heterocycles. The van der Waals surface area contributed by atoms with Crippen molar-refractivity contribution in [3.05, 3.63) is 59.7 Å². The molecule has 0 saturated heterocycles. The van der Waals surface area contributed by atoms with Gasteiger partial charge >= 0.3 is 0 Å². The number of hydrogen-bond acceptors (Lipinski definition) is 7. The van der Waals surface area contributed by atoms with E-state index in [-0.39, 0.29) is 11.0 Å². The highest BCUT2D eigenvalue weighted by Crippen LogP contribution is 2.32. The van der Waals surface area contributed by atoms with Crippen LogP contribution in [0.5, 0.6) is 5.75 Å². The summed E-state index contributed by atoms with van der Waals surface area (Å²) < 4.78 is 6.18. The van der Waals surface area contributed by atoms with Crippen molar-refractivity contribution in [2.75, 3.05) is 11.9 Å². The zero-order valence-corrected chi connectivity index (χ0v) is 17.1. The van der Waals surface area contributed by atoms with E-state index in [1.807, 2.05) is 57.2 Å². The maximum absolute atomic E-state index is 12.6. The normalized spacial score (nSPS) is 11.8. The lowest BCUT2D eigenvalue weighted by Crippen LogP contribution is -2.13. The van der Waals surface area contributed by atoms with Crippen molar-refractivity contribution in [1.29, 1.82) is 0 Å². The summed E-state index contributed by atoms with van der Waals surface area (Å²) in [6.45, 7) is 6.47. The average molecular weight is 400 g/mol. The summed E-state index contributed by atoms with van der Waals surface area (Å²) in [7, 11) is 0. The van der Waals surface area contributed by atoms with Crippen molar-refractivity contribution < 1.29 is 9.53 Å². The van der Waals surface area contributed by atoms with E-state index in [4.69, 9.17) is 4.74 Å². The molecule has 0 aliphatic carbocycles. The number of Topliss-reactive ketones (excluding diaryl/α,β-unsaturated/α-hetero) is 1. The Morgan fingerprint density at radius 2 is 1.93 bits per heavy atom. The predicted octanol–water partition coefficient (Wildman–Crippen LogP) is 5.35. The van der Waals surface area contributed by atoms with Gasteiger partial charge in [-0.25, -0.2) is 0 Å². The summed E-state index contributed by atoms with van der Waals surface area (Å²) in [5.74, 6) is 0.831. The molecule has 140 valence electrons. The van der Waals surface area contributed by atoms with Gasteiger partial charge in [0.1, 0.15) is 5.75 Å².